The monoisotopic (exact) mass is 740 g/mol. The summed E-state index contributed by atoms with van der Waals surface area (Å²) in [5.74, 6) is 13.9. The molecule has 2 aromatic heterocycles. The highest BCUT2D eigenvalue weighted by atomic mass is 16.5. The Hall–Kier alpha value is -5.80. The van der Waals surface area contributed by atoms with Crippen LogP contribution in [-0.2, 0) is 23.8 Å². The minimum Gasteiger partial charge on any atom is -0.453 e. The number of rotatable bonds is 9. The van der Waals surface area contributed by atoms with Crippen molar-refractivity contribution < 1.29 is 33.4 Å². The van der Waals surface area contributed by atoms with E-state index in [0.29, 0.717) is 49.0 Å². The van der Waals surface area contributed by atoms with Crippen LogP contribution in [0.15, 0.2) is 36.7 Å². The SMILES string of the molecule is CC[C@H](NC(=O)OC)C(=O)N1C[C@@H](C)C[C@H]1c1ncc(C#Cc2ccc(C#Cc3cnc([C@@H]4C[C@H](C)CN4C(=O)[C@@H](NC(=O)OC)[C@@H](C)OC)[nH]3)cc2)[nH]1. The van der Waals surface area contributed by atoms with E-state index in [0.717, 1.165) is 17.5 Å². The number of likely N-dealkylation sites (tertiary alicyclic amines) is 2. The fourth-order valence-electron chi connectivity index (χ4n) is 6.77. The van der Waals surface area contributed by atoms with Gasteiger partial charge in [0, 0.05) is 31.3 Å². The highest BCUT2D eigenvalue weighted by Crippen LogP contribution is 2.35. The molecule has 286 valence electrons. The molecule has 4 N–H and O–H groups in total. The molecule has 7 atom stereocenters. The number of aromatic amines is 2. The van der Waals surface area contributed by atoms with Crippen LogP contribution in [0.4, 0.5) is 9.59 Å². The molecule has 0 saturated carbocycles. The van der Waals surface area contributed by atoms with E-state index in [1.54, 1.807) is 29.1 Å². The van der Waals surface area contributed by atoms with Crippen molar-refractivity contribution in [2.24, 2.45) is 11.8 Å². The summed E-state index contributed by atoms with van der Waals surface area (Å²) < 4.78 is 14.8. The summed E-state index contributed by atoms with van der Waals surface area (Å²) in [5.41, 5.74) is 2.79. The fourth-order valence-corrected chi connectivity index (χ4v) is 6.77. The maximum Gasteiger partial charge on any atom is 0.407 e. The Bertz CT molecular complexity index is 1930. The molecule has 0 spiro atoms. The number of hydrogen-bond donors (Lipinski definition) is 4. The van der Waals surface area contributed by atoms with Crippen molar-refractivity contribution >= 4 is 24.0 Å². The first-order valence-corrected chi connectivity index (χ1v) is 18.0. The van der Waals surface area contributed by atoms with Gasteiger partial charge in [-0.1, -0.05) is 32.6 Å². The zero-order valence-corrected chi connectivity index (χ0v) is 31.7. The third-order valence-electron chi connectivity index (χ3n) is 9.73. The summed E-state index contributed by atoms with van der Waals surface area (Å²) in [6.45, 7) is 8.78. The molecule has 3 aromatic rings. The molecular formula is C39H48N8O7. The van der Waals surface area contributed by atoms with E-state index in [4.69, 9.17) is 14.2 Å². The molecule has 4 heterocycles. The van der Waals surface area contributed by atoms with Crippen molar-refractivity contribution in [3.8, 4) is 23.7 Å². The first-order chi connectivity index (χ1) is 25.9. The number of H-pyrrole nitrogens is 2. The lowest BCUT2D eigenvalue weighted by atomic mass is 10.1. The van der Waals surface area contributed by atoms with Gasteiger partial charge in [0.05, 0.1) is 44.8 Å². The third kappa shape index (κ3) is 9.40. The number of nitrogens with zero attached hydrogens (tertiary/aromatic N) is 4. The number of benzene rings is 1. The molecule has 2 saturated heterocycles. The number of amides is 4. The zero-order chi connectivity index (χ0) is 38.9. The largest absolute Gasteiger partial charge is 0.453 e. The van der Waals surface area contributed by atoms with Crippen molar-refractivity contribution in [1.29, 1.82) is 0 Å². The lowest BCUT2D eigenvalue weighted by Gasteiger charge is -2.30. The molecule has 0 bridgehead atoms. The van der Waals surface area contributed by atoms with Crippen LogP contribution in [0.5, 0.6) is 0 Å². The van der Waals surface area contributed by atoms with Crippen LogP contribution >= 0.6 is 0 Å². The van der Waals surface area contributed by atoms with Crippen LogP contribution in [0, 0.1) is 35.5 Å². The van der Waals surface area contributed by atoms with Crippen LogP contribution in [0.2, 0.25) is 0 Å². The van der Waals surface area contributed by atoms with Crippen molar-refractivity contribution in [3.05, 3.63) is 70.8 Å². The summed E-state index contributed by atoms with van der Waals surface area (Å²) in [7, 11) is 4.00. The number of methoxy groups -OCH3 is 3. The summed E-state index contributed by atoms with van der Waals surface area (Å²) >= 11 is 0. The molecule has 15 heteroatoms. The van der Waals surface area contributed by atoms with E-state index < -0.39 is 30.4 Å². The molecule has 2 aliphatic heterocycles. The number of nitrogens with one attached hydrogen (secondary N) is 4. The van der Waals surface area contributed by atoms with Crippen molar-refractivity contribution in [1.82, 2.24) is 40.4 Å². The first kappa shape index (κ1) is 39.4. The predicted molar refractivity (Wildman–Crippen MR) is 197 cm³/mol. The van der Waals surface area contributed by atoms with Gasteiger partial charge in [0.2, 0.25) is 11.8 Å². The van der Waals surface area contributed by atoms with Gasteiger partial charge in [-0.25, -0.2) is 19.6 Å². The topological polar surface area (TPSA) is 184 Å². The van der Waals surface area contributed by atoms with E-state index in [2.05, 4.69) is 68.1 Å². The first-order valence-electron chi connectivity index (χ1n) is 18.0. The maximum absolute atomic E-state index is 13.6. The van der Waals surface area contributed by atoms with Gasteiger partial charge < -0.3 is 44.6 Å². The molecule has 1 aromatic carbocycles. The molecule has 5 rings (SSSR count). The van der Waals surface area contributed by atoms with Gasteiger partial charge in [0.25, 0.3) is 0 Å². The number of hydrogen-bond acceptors (Lipinski definition) is 9. The van der Waals surface area contributed by atoms with Crippen molar-refractivity contribution in [2.75, 3.05) is 34.4 Å². The van der Waals surface area contributed by atoms with E-state index in [-0.39, 0.29) is 35.7 Å². The third-order valence-corrected chi connectivity index (χ3v) is 9.73. The second-order valence-corrected chi connectivity index (χ2v) is 13.8. The van der Waals surface area contributed by atoms with Crippen LogP contribution in [0.1, 0.15) is 93.2 Å². The highest BCUT2D eigenvalue weighted by molar-refractivity contribution is 5.87. The standard InChI is InChI=1S/C39H48N8O7/c1-8-30(44-38(50)53-6)36(48)46-21-23(2)17-31(46)34-40-19-28(42-34)15-13-26-9-11-27(12-10-26)14-16-29-20-41-35(43-29)32-18-24(3)22-47(32)37(49)33(25(4)52-5)45-39(51)54-7/h9-12,19-20,23-25,30-33H,8,17-18,21-22H2,1-7H3,(H,40,42)(H,41,43)(H,44,50)(H,45,51)/t23-,24-,25+,30-,31-,32-,33-/m0/s1. The van der Waals surface area contributed by atoms with Crippen LogP contribution in [-0.4, -0.2) is 106 Å². The van der Waals surface area contributed by atoms with Crippen LogP contribution in [0.3, 0.4) is 0 Å². The van der Waals surface area contributed by atoms with Crippen LogP contribution in [0.25, 0.3) is 0 Å². The van der Waals surface area contributed by atoms with Gasteiger partial charge in [-0.05, 0) is 74.1 Å². The van der Waals surface area contributed by atoms with Gasteiger partial charge in [-0.3, -0.25) is 9.59 Å². The summed E-state index contributed by atoms with van der Waals surface area (Å²) in [4.78, 5) is 69.9. The molecule has 0 aliphatic carbocycles. The molecular weight excluding hydrogens is 692 g/mol. The fraction of sp³-hybridized carbons (Fsp3) is 0.487. The Morgan fingerprint density at radius 2 is 1.24 bits per heavy atom. The molecule has 4 amide bonds. The molecule has 2 fully saturated rings. The predicted octanol–water partition coefficient (Wildman–Crippen LogP) is 3.65. The van der Waals surface area contributed by atoms with Crippen LogP contribution < -0.4 is 10.6 Å². The number of alkyl carbamates (subject to hydrolysis) is 2. The number of carbonyl (C=O) groups excluding carboxylic acids is 4. The normalized spacial score (nSPS) is 20.8. The van der Waals surface area contributed by atoms with Gasteiger partial charge in [0.1, 0.15) is 35.1 Å². The van der Waals surface area contributed by atoms with Gasteiger partial charge >= 0.3 is 12.2 Å². The lowest BCUT2D eigenvalue weighted by molar-refractivity contribution is -0.137. The second kappa shape index (κ2) is 17.8. The summed E-state index contributed by atoms with van der Waals surface area (Å²) in [5, 5.41) is 5.23. The Morgan fingerprint density at radius 3 is 1.69 bits per heavy atom. The minimum absolute atomic E-state index is 0.169. The molecule has 15 nitrogen and oxygen atoms in total. The van der Waals surface area contributed by atoms with E-state index in [1.807, 2.05) is 31.2 Å². The minimum atomic E-state index is -0.920. The van der Waals surface area contributed by atoms with E-state index in [1.165, 1.54) is 21.3 Å². The average Bonchev–Trinajstić information content (AvgIpc) is 4.00. The summed E-state index contributed by atoms with van der Waals surface area (Å²) in [6, 6.07) is 5.36. The molecule has 2 aliphatic rings. The van der Waals surface area contributed by atoms with E-state index >= 15 is 0 Å². The Kier molecular flexibility index (Phi) is 13.0. The second-order valence-electron chi connectivity index (χ2n) is 13.8. The molecule has 0 unspecified atom stereocenters. The molecule has 54 heavy (non-hydrogen) atoms. The Morgan fingerprint density at radius 1 is 0.778 bits per heavy atom. The van der Waals surface area contributed by atoms with Crippen molar-refractivity contribution in [3.63, 3.8) is 0 Å². The number of carbonyl (C=O) groups is 4. The van der Waals surface area contributed by atoms with Gasteiger partial charge in [-0.15, -0.1) is 0 Å². The maximum atomic E-state index is 13.6. The lowest BCUT2D eigenvalue weighted by Crippen LogP contribution is -2.54. The number of imidazole rings is 2. The average molecular weight is 741 g/mol. The number of ether oxygens (including phenoxy) is 3. The van der Waals surface area contributed by atoms with Crippen molar-refractivity contribution in [2.45, 2.75) is 77.2 Å². The van der Waals surface area contributed by atoms with E-state index in [9.17, 15) is 19.2 Å². The molecule has 0 radical (unpaired) electrons. The summed E-state index contributed by atoms with van der Waals surface area (Å²) in [6.07, 6.45) is 3.27. The Balaban J connectivity index is 1.22. The van der Waals surface area contributed by atoms with Gasteiger partial charge in [0.15, 0.2) is 0 Å². The zero-order valence-electron chi connectivity index (χ0n) is 31.7. The Labute approximate surface area is 315 Å². The quantitative estimate of drug-likeness (QED) is 0.238. The van der Waals surface area contributed by atoms with Gasteiger partial charge in [-0.2, -0.15) is 0 Å². The number of aromatic nitrogens is 4. The smallest absolute Gasteiger partial charge is 0.407 e. The highest BCUT2D eigenvalue weighted by Gasteiger charge is 2.41.